The van der Waals surface area contributed by atoms with E-state index in [4.69, 9.17) is 0 Å². The van der Waals surface area contributed by atoms with Gasteiger partial charge in [-0.15, -0.1) is 0 Å². The van der Waals surface area contributed by atoms with Crippen molar-refractivity contribution in [2.24, 2.45) is 0 Å². The van der Waals surface area contributed by atoms with Crippen LogP contribution in [0.3, 0.4) is 0 Å². The second-order valence-electron chi connectivity index (χ2n) is 8.69. The van der Waals surface area contributed by atoms with Gasteiger partial charge in [-0.2, -0.15) is 5.10 Å². The van der Waals surface area contributed by atoms with Gasteiger partial charge < -0.3 is 10.6 Å². The van der Waals surface area contributed by atoms with Gasteiger partial charge in [0.15, 0.2) is 0 Å². The first-order chi connectivity index (χ1) is 11.7. The van der Waals surface area contributed by atoms with Crippen LogP contribution >= 0.6 is 0 Å². The summed E-state index contributed by atoms with van der Waals surface area (Å²) in [5.41, 5.74) is 2.38. The minimum Gasteiger partial charge on any atom is -0.353 e. The quantitative estimate of drug-likeness (QED) is 0.897. The molecule has 136 valence electrons. The number of nitrogens with zero attached hydrogens (tertiary/aromatic N) is 2. The number of carbonyl (C=O) groups excluding carboxylic acids is 1. The molecule has 25 heavy (non-hydrogen) atoms. The highest BCUT2D eigenvalue weighted by Crippen LogP contribution is 2.28. The standard InChI is InChI=1S/C20H30N4O/c1-14-7-6-8-17-16(14)13-21-24(17)10-9-18(25)22-15-11-19(2,3)23-20(4,5)12-15/h6-8,13,15,23H,9-12H2,1-5H3,(H,22,25). The Bertz CT molecular complexity index is 759. The Labute approximate surface area is 150 Å². The molecule has 0 atom stereocenters. The summed E-state index contributed by atoms with van der Waals surface area (Å²) in [5, 5.41) is 12.5. The molecule has 1 amide bonds. The summed E-state index contributed by atoms with van der Waals surface area (Å²) in [4.78, 5) is 12.5. The first kappa shape index (κ1) is 17.9. The molecule has 5 nitrogen and oxygen atoms in total. The number of hydrogen-bond donors (Lipinski definition) is 2. The summed E-state index contributed by atoms with van der Waals surface area (Å²) in [6.45, 7) is 11.5. The molecule has 2 heterocycles. The second-order valence-corrected chi connectivity index (χ2v) is 8.69. The van der Waals surface area contributed by atoms with Crippen molar-refractivity contribution in [1.82, 2.24) is 20.4 Å². The third-order valence-corrected chi connectivity index (χ3v) is 5.01. The summed E-state index contributed by atoms with van der Waals surface area (Å²) in [6.07, 6.45) is 4.24. The number of carbonyl (C=O) groups is 1. The largest absolute Gasteiger partial charge is 0.353 e. The molecule has 5 heteroatoms. The second kappa shape index (κ2) is 6.45. The number of aryl methyl sites for hydroxylation is 2. The maximum Gasteiger partial charge on any atom is 0.222 e. The van der Waals surface area contributed by atoms with Gasteiger partial charge in [0, 0.05) is 28.9 Å². The van der Waals surface area contributed by atoms with Crippen LogP contribution in [0.15, 0.2) is 24.4 Å². The van der Waals surface area contributed by atoms with Gasteiger partial charge in [-0.1, -0.05) is 12.1 Å². The number of nitrogens with one attached hydrogen (secondary N) is 2. The van der Waals surface area contributed by atoms with Gasteiger partial charge in [0.05, 0.1) is 18.3 Å². The number of benzene rings is 1. The summed E-state index contributed by atoms with van der Waals surface area (Å²) < 4.78 is 1.93. The lowest BCUT2D eigenvalue weighted by molar-refractivity contribution is -0.122. The Hall–Kier alpha value is -1.88. The third-order valence-electron chi connectivity index (χ3n) is 5.01. The van der Waals surface area contributed by atoms with Gasteiger partial charge in [0.1, 0.15) is 0 Å². The van der Waals surface area contributed by atoms with Gasteiger partial charge in [-0.3, -0.25) is 9.48 Å². The lowest BCUT2D eigenvalue weighted by Gasteiger charge is -2.46. The van der Waals surface area contributed by atoms with Crippen molar-refractivity contribution in [2.45, 2.75) is 77.5 Å². The predicted molar refractivity (Wildman–Crippen MR) is 102 cm³/mol. The van der Waals surface area contributed by atoms with Gasteiger partial charge in [-0.25, -0.2) is 0 Å². The molecule has 0 radical (unpaired) electrons. The summed E-state index contributed by atoms with van der Waals surface area (Å²) in [7, 11) is 0. The molecule has 2 N–H and O–H groups in total. The lowest BCUT2D eigenvalue weighted by atomic mass is 9.79. The Morgan fingerprint density at radius 1 is 1.28 bits per heavy atom. The molecule has 3 rings (SSSR count). The SMILES string of the molecule is Cc1cccc2c1cnn2CCC(=O)NC1CC(C)(C)NC(C)(C)C1. The van der Waals surface area contributed by atoms with Gasteiger partial charge >= 0.3 is 0 Å². The first-order valence-electron chi connectivity index (χ1n) is 9.15. The predicted octanol–water partition coefficient (Wildman–Crippen LogP) is 3.16. The third kappa shape index (κ3) is 4.21. The van der Waals surface area contributed by atoms with Crippen LogP contribution in [0, 0.1) is 6.92 Å². The number of hydrogen-bond acceptors (Lipinski definition) is 3. The molecule has 1 aliphatic rings. The molecular weight excluding hydrogens is 312 g/mol. The molecule has 0 bridgehead atoms. The summed E-state index contributed by atoms with van der Waals surface area (Å²) in [5.74, 6) is 0.106. The van der Waals surface area contributed by atoms with Crippen molar-refractivity contribution < 1.29 is 4.79 Å². The Balaban J connectivity index is 1.60. The fourth-order valence-corrected chi connectivity index (χ4v) is 4.36. The minimum atomic E-state index is 0.0371. The molecule has 1 saturated heterocycles. The smallest absolute Gasteiger partial charge is 0.222 e. The highest BCUT2D eigenvalue weighted by molar-refractivity contribution is 5.82. The lowest BCUT2D eigenvalue weighted by Crippen LogP contribution is -2.62. The molecule has 0 aliphatic carbocycles. The molecule has 1 aliphatic heterocycles. The molecular formula is C20H30N4O. The van der Waals surface area contributed by atoms with Crippen LogP contribution in [-0.2, 0) is 11.3 Å². The minimum absolute atomic E-state index is 0.0371. The molecule has 0 unspecified atom stereocenters. The zero-order valence-corrected chi connectivity index (χ0v) is 16.0. The highest BCUT2D eigenvalue weighted by atomic mass is 16.1. The van der Waals surface area contributed by atoms with Crippen LogP contribution in [0.2, 0.25) is 0 Å². The number of amides is 1. The normalized spacial score (nSPS) is 19.9. The van der Waals surface area contributed by atoms with Crippen molar-refractivity contribution in [3.05, 3.63) is 30.0 Å². The number of fused-ring (bicyclic) bond motifs is 1. The van der Waals surface area contributed by atoms with E-state index < -0.39 is 0 Å². The number of piperidine rings is 1. The van der Waals surface area contributed by atoms with E-state index in [0.717, 1.165) is 23.7 Å². The van der Waals surface area contributed by atoms with E-state index in [-0.39, 0.29) is 23.0 Å². The Morgan fingerprint density at radius 3 is 2.64 bits per heavy atom. The average Bonchev–Trinajstić information content (AvgIpc) is 2.86. The first-order valence-corrected chi connectivity index (χ1v) is 9.15. The molecule has 1 fully saturated rings. The van der Waals surface area contributed by atoms with Crippen LogP contribution in [-0.4, -0.2) is 32.8 Å². The number of aromatic nitrogens is 2. The molecule has 1 aromatic carbocycles. The van der Waals surface area contributed by atoms with Crippen molar-refractivity contribution >= 4 is 16.8 Å². The van der Waals surface area contributed by atoms with Crippen molar-refractivity contribution in [2.75, 3.05) is 0 Å². The fourth-order valence-electron chi connectivity index (χ4n) is 4.36. The van der Waals surface area contributed by atoms with Crippen LogP contribution in [0.5, 0.6) is 0 Å². The van der Waals surface area contributed by atoms with E-state index in [9.17, 15) is 4.79 Å². The fraction of sp³-hybridized carbons (Fsp3) is 0.600. The molecule has 2 aromatic rings. The highest BCUT2D eigenvalue weighted by Gasteiger charge is 2.38. The van der Waals surface area contributed by atoms with E-state index in [1.54, 1.807) is 0 Å². The average molecular weight is 342 g/mol. The Morgan fingerprint density at radius 2 is 1.96 bits per heavy atom. The van der Waals surface area contributed by atoms with Crippen LogP contribution in [0.4, 0.5) is 0 Å². The maximum atomic E-state index is 12.5. The monoisotopic (exact) mass is 342 g/mol. The van der Waals surface area contributed by atoms with Gasteiger partial charge in [0.2, 0.25) is 5.91 Å². The zero-order chi connectivity index (χ0) is 18.2. The van der Waals surface area contributed by atoms with E-state index in [2.05, 4.69) is 62.5 Å². The maximum absolute atomic E-state index is 12.5. The molecule has 1 aromatic heterocycles. The summed E-state index contributed by atoms with van der Waals surface area (Å²) in [6, 6.07) is 6.40. The molecule has 0 spiro atoms. The van der Waals surface area contributed by atoms with Crippen molar-refractivity contribution in [3.8, 4) is 0 Å². The zero-order valence-electron chi connectivity index (χ0n) is 16.0. The topological polar surface area (TPSA) is 59.0 Å². The number of rotatable bonds is 4. The van der Waals surface area contributed by atoms with Crippen LogP contribution < -0.4 is 10.6 Å². The van der Waals surface area contributed by atoms with Gasteiger partial charge in [-0.05, 0) is 59.1 Å². The van der Waals surface area contributed by atoms with E-state index in [1.165, 1.54) is 5.56 Å². The molecule has 0 saturated carbocycles. The van der Waals surface area contributed by atoms with E-state index in [1.807, 2.05) is 16.9 Å². The van der Waals surface area contributed by atoms with Crippen LogP contribution in [0.25, 0.3) is 10.9 Å². The van der Waals surface area contributed by atoms with Gasteiger partial charge in [0.25, 0.3) is 0 Å². The summed E-state index contributed by atoms with van der Waals surface area (Å²) >= 11 is 0. The van der Waals surface area contributed by atoms with Crippen LogP contribution in [0.1, 0.15) is 52.5 Å². The van der Waals surface area contributed by atoms with Crippen molar-refractivity contribution in [3.63, 3.8) is 0 Å². The Kier molecular flexibility index (Phi) is 4.62. The van der Waals surface area contributed by atoms with E-state index >= 15 is 0 Å². The van der Waals surface area contributed by atoms with E-state index in [0.29, 0.717) is 13.0 Å². The van der Waals surface area contributed by atoms with Crippen molar-refractivity contribution in [1.29, 1.82) is 0 Å².